The van der Waals surface area contributed by atoms with E-state index in [0.717, 1.165) is 5.56 Å². The number of hydrogen-bond acceptors (Lipinski definition) is 8. The van der Waals surface area contributed by atoms with Gasteiger partial charge in [-0.15, -0.1) is 10.2 Å². The lowest BCUT2D eigenvalue weighted by Crippen LogP contribution is -2.16. The number of rotatable bonds is 7. The molecule has 1 fully saturated rings. The molecule has 3 aromatic rings. The Kier molecular flexibility index (Phi) is 5.17. The number of amides is 1. The van der Waals surface area contributed by atoms with Crippen molar-refractivity contribution in [3.63, 3.8) is 0 Å². The minimum absolute atomic E-state index is 0.0337. The lowest BCUT2D eigenvalue weighted by atomic mass is 10.1. The number of nitrogens with one attached hydrogen (secondary N) is 2. The SMILES string of the molecule is CCC(=O)c1cc(C)c(Nc2nncn2-c2cc(NC(=O)[C@H]3C[C@H]3F)ncn2)cn1. The van der Waals surface area contributed by atoms with Crippen molar-refractivity contribution in [2.45, 2.75) is 32.9 Å². The average molecular weight is 410 g/mol. The van der Waals surface area contributed by atoms with Crippen LogP contribution >= 0.6 is 0 Å². The van der Waals surface area contributed by atoms with Crippen molar-refractivity contribution in [1.82, 2.24) is 29.7 Å². The van der Waals surface area contributed by atoms with Gasteiger partial charge in [0.25, 0.3) is 0 Å². The second kappa shape index (κ2) is 7.93. The molecule has 0 unspecified atom stereocenters. The van der Waals surface area contributed by atoms with Gasteiger partial charge in [0.15, 0.2) is 5.78 Å². The van der Waals surface area contributed by atoms with Crippen molar-refractivity contribution < 1.29 is 14.0 Å². The maximum Gasteiger partial charge on any atom is 0.234 e. The van der Waals surface area contributed by atoms with Crippen LogP contribution < -0.4 is 10.6 Å². The predicted molar refractivity (Wildman–Crippen MR) is 105 cm³/mol. The molecule has 0 bridgehead atoms. The number of halogens is 1. The van der Waals surface area contributed by atoms with E-state index in [0.29, 0.717) is 29.6 Å². The summed E-state index contributed by atoms with van der Waals surface area (Å²) in [4.78, 5) is 36.2. The zero-order valence-electron chi connectivity index (χ0n) is 16.3. The number of pyridine rings is 1. The summed E-state index contributed by atoms with van der Waals surface area (Å²) in [5, 5.41) is 13.7. The number of Topliss-reactive ketones (excluding diaryl/α,β-unsaturated/α-hetero) is 1. The number of carbonyl (C=O) groups excluding carboxylic acids is 2. The molecular formula is C19H19FN8O2. The van der Waals surface area contributed by atoms with Crippen LogP contribution in [0, 0.1) is 12.8 Å². The normalized spacial score (nSPS) is 17.4. The fourth-order valence-electron chi connectivity index (χ4n) is 2.83. The van der Waals surface area contributed by atoms with Crippen LogP contribution in [-0.4, -0.2) is 47.6 Å². The van der Waals surface area contributed by atoms with Crippen LogP contribution in [0.4, 0.5) is 21.8 Å². The second-order valence-corrected chi connectivity index (χ2v) is 6.92. The monoisotopic (exact) mass is 410 g/mol. The minimum atomic E-state index is -1.09. The van der Waals surface area contributed by atoms with E-state index in [1.54, 1.807) is 23.8 Å². The number of hydrogen-bond donors (Lipinski definition) is 2. The van der Waals surface area contributed by atoms with Gasteiger partial charge in [-0.2, -0.15) is 0 Å². The summed E-state index contributed by atoms with van der Waals surface area (Å²) in [6.07, 6.45) is 3.83. The van der Waals surface area contributed by atoms with Crippen LogP contribution in [0.15, 0.2) is 31.0 Å². The standard InChI is InChI=1S/C19H19FN8O2/c1-3-15(29)13-4-10(2)14(7-21-13)25-19-27-24-9-28(19)17-6-16(22-8-23-17)26-18(30)11-5-12(11)20/h4,6-9,11-12H,3,5H2,1-2H3,(H,25,27)(H,22,23,26,30)/t11-,12+/m0/s1. The molecule has 0 saturated heterocycles. The Balaban J connectivity index is 1.54. The Morgan fingerprint density at radius 3 is 2.77 bits per heavy atom. The molecule has 4 rings (SSSR count). The number of ketones is 1. The van der Waals surface area contributed by atoms with Gasteiger partial charge >= 0.3 is 0 Å². The summed E-state index contributed by atoms with van der Waals surface area (Å²) in [5.74, 6) is -0.0378. The molecule has 1 amide bonds. The minimum Gasteiger partial charge on any atom is -0.322 e. The second-order valence-electron chi connectivity index (χ2n) is 6.92. The first kappa shape index (κ1) is 19.6. The van der Waals surface area contributed by atoms with Crippen LogP contribution in [0.2, 0.25) is 0 Å². The summed E-state index contributed by atoms with van der Waals surface area (Å²) >= 11 is 0. The Labute approximate surface area is 171 Å². The lowest BCUT2D eigenvalue weighted by molar-refractivity contribution is -0.117. The van der Waals surface area contributed by atoms with E-state index >= 15 is 0 Å². The number of anilines is 3. The van der Waals surface area contributed by atoms with Crippen molar-refractivity contribution in [1.29, 1.82) is 0 Å². The van der Waals surface area contributed by atoms with Gasteiger partial charge in [-0.3, -0.25) is 19.1 Å². The third kappa shape index (κ3) is 4.00. The van der Waals surface area contributed by atoms with Crippen molar-refractivity contribution in [3.8, 4) is 5.82 Å². The quantitative estimate of drug-likeness (QED) is 0.568. The van der Waals surface area contributed by atoms with Crippen molar-refractivity contribution >= 4 is 29.1 Å². The third-order valence-corrected chi connectivity index (χ3v) is 4.71. The van der Waals surface area contributed by atoms with Crippen molar-refractivity contribution in [2.75, 3.05) is 10.6 Å². The Morgan fingerprint density at radius 1 is 1.27 bits per heavy atom. The van der Waals surface area contributed by atoms with Gasteiger partial charge in [0.2, 0.25) is 11.9 Å². The zero-order chi connectivity index (χ0) is 21.3. The number of nitrogens with zero attached hydrogens (tertiary/aromatic N) is 6. The highest BCUT2D eigenvalue weighted by Gasteiger charge is 2.43. The van der Waals surface area contributed by atoms with Gasteiger partial charge < -0.3 is 10.6 Å². The van der Waals surface area contributed by atoms with E-state index < -0.39 is 18.0 Å². The van der Waals surface area contributed by atoms with Crippen LogP contribution in [0.1, 0.15) is 35.8 Å². The molecule has 30 heavy (non-hydrogen) atoms. The Hall–Kier alpha value is -3.76. The number of carbonyl (C=O) groups is 2. The van der Waals surface area contributed by atoms with Crippen molar-refractivity contribution in [2.24, 2.45) is 5.92 Å². The fourth-order valence-corrected chi connectivity index (χ4v) is 2.83. The molecular weight excluding hydrogens is 391 g/mol. The predicted octanol–water partition coefficient (Wildman–Crippen LogP) is 2.39. The number of aryl methyl sites for hydroxylation is 1. The first-order chi connectivity index (χ1) is 14.5. The molecule has 2 N–H and O–H groups in total. The molecule has 1 saturated carbocycles. The molecule has 1 aliphatic carbocycles. The molecule has 0 radical (unpaired) electrons. The van der Waals surface area contributed by atoms with Gasteiger partial charge in [-0.25, -0.2) is 14.4 Å². The largest absolute Gasteiger partial charge is 0.322 e. The molecule has 1 aliphatic rings. The van der Waals surface area contributed by atoms with E-state index in [4.69, 9.17) is 0 Å². The zero-order valence-corrected chi connectivity index (χ0v) is 16.3. The fraction of sp³-hybridized carbons (Fsp3) is 0.316. The molecule has 3 heterocycles. The van der Waals surface area contributed by atoms with Crippen LogP contribution in [0.3, 0.4) is 0 Å². The van der Waals surface area contributed by atoms with Crippen LogP contribution in [-0.2, 0) is 4.79 Å². The van der Waals surface area contributed by atoms with Gasteiger partial charge in [-0.1, -0.05) is 6.92 Å². The summed E-state index contributed by atoms with van der Waals surface area (Å²) in [6, 6.07) is 3.25. The smallest absolute Gasteiger partial charge is 0.234 e. The molecule has 0 aromatic carbocycles. The molecule has 11 heteroatoms. The first-order valence-electron chi connectivity index (χ1n) is 9.40. The summed E-state index contributed by atoms with van der Waals surface area (Å²) < 4.78 is 14.6. The summed E-state index contributed by atoms with van der Waals surface area (Å²) in [7, 11) is 0. The number of alkyl halides is 1. The highest BCUT2D eigenvalue weighted by molar-refractivity contribution is 5.94. The van der Waals surface area contributed by atoms with Gasteiger partial charge in [0.05, 0.1) is 17.8 Å². The summed E-state index contributed by atoms with van der Waals surface area (Å²) in [5.41, 5.74) is 1.88. The molecule has 3 aromatic heterocycles. The van der Waals surface area contributed by atoms with Gasteiger partial charge in [-0.05, 0) is 25.0 Å². The Bertz CT molecular complexity index is 1120. The maximum atomic E-state index is 13.1. The molecule has 0 aliphatic heterocycles. The van der Waals surface area contributed by atoms with E-state index in [-0.39, 0.29) is 18.0 Å². The molecule has 2 atom stereocenters. The topological polar surface area (TPSA) is 128 Å². The lowest BCUT2D eigenvalue weighted by Gasteiger charge is -2.11. The third-order valence-electron chi connectivity index (χ3n) is 4.71. The van der Waals surface area contributed by atoms with E-state index in [1.165, 1.54) is 18.7 Å². The maximum absolute atomic E-state index is 13.1. The Morgan fingerprint density at radius 2 is 2.07 bits per heavy atom. The highest BCUT2D eigenvalue weighted by atomic mass is 19.1. The van der Waals surface area contributed by atoms with Crippen molar-refractivity contribution in [3.05, 3.63) is 42.2 Å². The van der Waals surface area contributed by atoms with E-state index in [9.17, 15) is 14.0 Å². The molecule has 10 nitrogen and oxygen atoms in total. The molecule has 154 valence electrons. The van der Waals surface area contributed by atoms with Gasteiger partial charge in [0, 0.05) is 12.5 Å². The van der Waals surface area contributed by atoms with E-state index in [1.807, 2.05) is 6.92 Å². The van der Waals surface area contributed by atoms with E-state index in [2.05, 4.69) is 35.8 Å². The first-order valence-corrected chi connectivity index (χ1v) is 9.40. The number of aromatic nitrogens is 6. The highest BCUT2D eigenvalue weighted by Crippen LogP contribution is 2.34. The van der Waals surface area contributed by atoms with Crippen LogP contribution in [0.25, 0.3) is 5.82 Å². The molecule has 0 spiro atoms. The van der Waals surface area contributed by atoms with Crippen LogP contribution in [0.5, 0.6) is 0 Å². The average Bonchev–Trinajstić information content (AvgIpc) is 3.30. The summed E-state index contributed by atoms with van der Waals surface area (Å²) in [6.45, 7) is 3.64. The van der Waals surface area contributed by atoms with Gasteiger partial charge in [0.1, 0.15) is 36.2 Å².